The molecule has 1 aliphatic heterocycles. The summed E-state index contributed by atoms with van der Waals surface area (Å²) in [5, 5.41) is 19.9. The second-order valence-electron chi connectivity index (χ2n) is 9.07. The Morgan fingerprint density at radius 3 is 2.60 bits per heavy atom. The van der Waals surface area contributed by atoms with E-state index in [-0.39, 0.29) is 17.5 Å². The van der Waals surface area contributed by atoms with Gasteiger partial charge in [-0.25, -0.2) is 4.79 Å². The van der Waals surface area contributed by atoms with E-state index >= 15 is 0 Å². The summed E-state index contributed by atoms with van der Waals surface area (Å²) in [6, 6.07) is 23.0. The number of hydrogen-bond acceptors (Lipinski definition) is 3. The molecule has 1 amide bonds. The van der Waals surface area contributed by atoms with Crippen molar-refractivity contribution in [2.24, 2.45) is 0 Å². The number of carboxylic acid groups (broad SMARTS) is 1. The van der Waals surface area contributed by atoms with Crippen molar-refractivity contribution in [3.8, 4) is 11.1 Å². The normalized spacial score (nSPS) is 16.7. The van der Waals surface area contributed by atoms with Crippen molar-refractivity contribution in [1.82, 2.24) is 4.90 Å². The topological polar surface area (TPSA) is 77.8 Å². The number of carboxylic acids is 1. The number of aliphatic hydroxyl groups is 1. The van der Waals surface area contributed by atoms with Crippen LogP contribution in [-0.2, 0) is 11.2 Å². The molecule has 2 N–H and O–H groups in total. The molecule has 0 saturated carbocycles. The fraction of sp³-hybridized carbons (Fsp3) is 0.267. The lowest BCUT2D eigenvalue weighted by atomic mass is 9.97. The van der Waals surface area contributed by atoms with E-state index in [9.17, 15) is 14.7 Å². The molecule has 5 nitrogen and oxygen atoms in total. The molecule has 1 aliphatic rings. The van der Waals surface area contributed by atoms with Crippen molar-refractivity contribution in [3.63, 3.8) is 0 Å². The Labute approximate surface area is 206 Å². The molecule has 0 spiro atoms. The predicted octanol–water partition coefficient (Wildman–Crippen LogP) is 5.57. The molecule has 5 heteroatoms. The highest BCUT2D eigenvalue weighted by atomic mass is 16.4. The molecule has 3 aromatic rings. The third kappa shape index (κ3) is 6.06. The van der Waals surface area contributed by atoms with Crippen LogP contribution in [-0.4, -0.2) is 39.6 Å². The number of carbonyl (C=O) groups is 2. The van der Waals surface area contributed by atoms with Crippen LogP contribution >= 0.6 is 0 Å². The van der Waals surface area contributed by atoms with E-state index in [1.54, 1.807) is 18.2 Å². The summed E-state index contributed by atoms with van der Waals surface area (Å²) in [5.74, 6) is -0.796. The molecule has 35 heavy (non-hydrogen) atoms. The summed E-state index contributed by atoms with van der Waals surface area (Å²) in [6.07, 6.45) is 5.83. The quantitative estimate of drug-likeness (QED) is 0.402. The molecule has 0 bridgehead atoms. The van der Waals surface area contributed by atoms with Gasteiger partial charge in [-0.2, -0.15) is 0 Å². The number of likely N-dealkylation sites (tertiary alicyclic amines) is 1. The Morgan fingerprint density at radius 2 is 1.86 bits per heavy atom. The zero-order valence-electron chi connectivity index (χ0n) is 19.9. The molecule has 1 fully saturated rings. The largest absolute Gasteiger partial charge is 0.478 e. The lowest BCUT2D eigenvalue weighted by molar-refractivity contribution is -0.128. The minimum absolute atomic E-state index is 0.0221. The molecule has 1 unspecified atom stereocenters. The SMILES string of the molecule is Cc1ccccc1-c1cccc(C(O)/C=C/[C@H]2CCC(=O)N2CCCc2ccc(C(=O)O)cc2)c1. The van der Waals surface area contributed by atoms with Crippen molar-refractivity contribution < 1.29 is 19.8 Å². The first-order chi connectivity index (χ1) is 16.9. The molecule has 180 valence electrons. The lowest BCUT2D eigenvalue weighted by Crippen LogP contribution is -2.33. The number of benzene rings is 3. The lowest BCUT2D eigenvalue weighted by Gasteiger charge is -2.23. The van der Waals surface area contributed by atoms with E-state index in [4.69, 9.17) is 5.11 Å². The number of hydrogen-bond donors (Lipinski definition) is 2. The van der Waals surface area contributed by atoms with Gasteiger partial charge in [-0.3, -0.25) is 4.79 Å². The Morgan fingerprint density at radius 1 is 1.09 bits per heavy atom. The Balaban J connectivity index is 1.37. The Hall–Kier alpha value is -3.70. The van der Waals surface area contributed by atoms with Crippen molar-refractivity contribution in [2.45, 2.75) is 44.8 Å². The number of amides is 1. The standard InChI is InChI=1S/C30H31NO4/c1-21-6-2-3-10-27(21)24-8-4-9-25(20-24)28(32)17-15-26-16-18-29(33)31(26)19-5-7-22-11-13-23(14-12-22)30(34)35/h2-4,6,8-15,17,20,26,28,32H,5,7,16,18-19H2,1H3,(H,34,35)/b17-15+/t26-,28?/m0/s1. The minimum Gasteiger partial charge on any atom is -0.478 e. The van der Waals surface area contributed by atoms with Crippen LogP contribution in [0, 0.1) is 6.92 Å². The van der Waals surface area contributed by atoms with Crippen LogP contribution in [0.1, 0.15) is 52.4 Å². The zero-order valence-corrected chi connectivity index (χ0v) is 19.9. The predicted molar refractivity (Wildman–Crippen MR) is 137 cm³/mol. The third-order valence-corrected chi connectivity index (χ3v) is 6.64. The van der Waals surface area contributed by atoms with Crippen LogP contribution in [0.25, 0.3) is 11.1 Å². The Bertz CT molecular complexity index is 1220. The highest BCUT2D eigenvalue weighted by molar-refractivity contribution is 5.87. The van der Waals surface area contributed by atoms with Crippen LogP contribution in [0.15, 0.2) is 84.9 Å². The highest BCUT2D eigenvalue weighted by Crippen LogP contribution is 2.27. The van der Waals surface area contributed by atoms with Gasteiger partial charge in [-0.1, -0.05) is 66.7 Å². The zero-order chi connectivity index (χ0) is 24.8. The van der Waals surface area contributed by atoms with Crippen molar-refractivity contribution in [2.75, 3.05) is 6.54 Å². The van der Waals surface area contributed by atoms with Gasteiger partial charge in [0.2, 0.25) is 5.91 Å². The van der Waals surface area contributed by atoms with Gasteiger partial charge in [0.1, 0.15) is 0 Å². The summed E-state index contributed by atoms with van der Waals surface area (Å²) in [7, 11) is 0. The second-order valence-corrected chi connectivity index (χ2v) is 9.07. The van der Waals surface area contributed by atoms with Gasteiger partial charge >= 0.3 is 5.97 Å². The number of aliphatic hydroxyl groups excluding tert-OH is 1. The van der Waals surface area contributed by atoms with Gasteiger partial charge in [0.05, 0.1) is 17.7 Å². The maximum absolute atomic E-state index is 12.5. The summed E-state index contributed by atoms with van der Waals surface area (Å²) in [4.78, 5) is 25.3. The Kier molecular flexibility index (Phi) is 7.78. The van der Waals surface area contributed by atoms with E-state index in [1.807, 2.05) is 53.4 Å². The van der Waals surface area contributed by atoms with Crippen molar-refractivity contribution >= 4 is 11.9 Å². The van der Waals surface area contributed by atoms with E-state index in [0.29, 0.717) is 13.0 Å². The number of aryl methyl sites for hydroxylation is 2. The van der Waals surface area contributed by atoms with E-state index in [0.717, 1.165) is 41.5 Å². The van der Waals surface area contributed by atoms with Gasteiger partial charge in [0.25, 0.3) is 0 Å². The van der Waals surface area contributed by atoms with Crippen molar-refractivity contribution in [1.29, 1.82) is 0 Å². The first kappa shape index (κ1) is 24.4. The first-order valence-electron chi connectivity index (χ1n) is 12.1. The molecule has 2 atom stereocenters. The molecule has 3 aromatic carbocycles. The molecule has 1 heterocycles. The fourth-order valence-electron chi connectivity index (χ4n) is 4.65. The van der Waals surface area contributed by atoms with Crippen molar-refractivity contribution in [3.05, 3.63) is 107 Å². The smallest absolute Gasteiger partial charge is 0.335 e. The monoisotopic (exact) mass is 469 g/mol. The van der Waals surface area contributed by atoms with Crippen LogP contribution < -0.4 is 0 Å². The van der Waals surface area contributed by atoms with Crippen LogP contribution in [0.5, 0.6) is 0 Å². The summed E-state index contributed by atoms with van der Waals surface area (Å²) >= 11 is 0. The highest BCUT2D eigenvalue weighted by Gasteiger charge is 2.28. The second kappa shape index (κ2) is 11.2. The van der Waals surface area contributed by atoms with Gasteiger partial charge in [-0.05, 0) is 72.2 Å². The van der Waals surface area contributed by atoms with Gasteiger partial charge < -0.3 is 15.1 Å². The van der Waals surface area contributed by atoms with Gasteiger partial charge in [0.15, 0.2) is 0 Å². The van der Waals surface area contributed by atoms with E-state index < -0.39 is 12.1 Å². The number of rotatable bonds is 9. The maximum atomic E-state index is 12.5. The van der Waals surface area contributed by atoms with Gasteiger partial charge in [-0.15, -0.1) is 0 Å². The molecule has 0 aliphatic carbocycles. The average molecular weight is 470 g/mol. The van der Waals surface area contributed by atoms with Crippen LogP contribution in [0.2, 0.25) is 0 Å². The number of aromatic carboxylic acids is 1. The summed E-state index contributed by atoms with van der Waals surface area (Å²) in [5.41, 5.74) is 5.56. The molecule has 4 rings (SSSR count). The number of carbonyl (C=O) groups excluding carboxylic acids is 1. The van der Waals surface area contributed by atoms with E-state index in [1.165, 1.54) is 5.56 Å². The van der Waals surface area contributed by atoms with Crippen LogP contribution in [0.3, 0.4) is 0 Å². The molecular weight excluding hydrogens is 438 g/mol. The van der Waals surface area contributed by atoms with Gasteiger partial charge in [0, 0.05) is 13.0 Å². The maximum Gasteiger partial charge on any atom is 0.335 e. The molecule has 0 aromatic heterocycles. The average Bonchev–Trinajstić information content (AvgIpc) is 3.22. The van der Waals surface area contributed by atoms with Crippen LogP contribution in [0.4, 0.5) is 0 Å². The molecule has 0 radical (unpaired) electrons. The minimum atomic E-state index is -0.932. The fourth-order valence-corrected chi connectivity index (χ4v) is 4.65. The molecular formula is C30H31NO4. The summed E-state index contributed by atoms with van der Waals surface area (Å²) in [6.45, 7) is 2.71. The molecule has 1 saturated heterocycles. The third-order valence-electron chi connectivity index (χ3n) is 6.64. The first-order valence-corrected chi connectivity index (χ1v) is 12.1. The summed E-state index contributed by atoms with van der Waals surface area (Å²) < 4.78 is 0. The number of nitrogens with zero attached hydrogens (tertiary/aromatic N) is 1. The van der Waals surface area contributed by atoms with E-state index in [2.05, 4.69) is 25.1 Å².